The molecule has 0 saturated carbocycles. The van der Waals surface area contributed by atoms with Crippen LogP contribution in [-0.4, -0.2) is 16.7 Å². The molecule has 0 unspecified atom stereocenters. The first-order valence-corrected chi connectivity index (χ1v) is 7.26. The maximum atomic E-state index is 13.6. The number of carbonyl (C=O) groups excluding carboxylic acids is 2. The van der Waals surface area contributed by atoms with E-state index < -0.39 is 11.7 Å². The molecular weight excluding hydrogens is 307 g/mol. The summed E-state index contributed by atoms with van der Waals surface area (Å²) < 4.78 is 13.6. The van der Waals surface area contributed by atoms with Gasteiger partial charge in [0.15, 0.2) is 5.78 Å². The van der Waals surface area contributed by atoms with Crippen molar-refractivity contribution in [1.29, 1.82) is 0 Å². The molecule has 0 radical (unpaired) electrons. The van der Waals surface area contributed by atoms with Crippen LogP contribution in [0.1, 0.15) is 26.3 Å². The third kappa shape index (κ3) is 3.35. The number of rotatable bonds is 4. The second-order valence-corrected chi connectivity index (χ2v) is 5.08. The molecule has 1 N–H and O–H groups in total. The Kier molecular flexibility index (Phi) is 4.43. The van der Waals surface area contributed by atoms with Gasteiger partial charge in [-0.25, -0.2) is 4.39 Å². The number of ketones is 1. The van der Waals surface area contributed by atoms with Crippen molar-refractivity contribution in [3.05, 3.63) is 95.6 Å². The van der Waals surface area contributed by atoms with Crippen LogP contribution in [0.25, 0.3) is 0 Å². The summed E-state index contributed by atoms with van der Waals surface area (Å²) in [6, 6.07) is 15.4. The van der Waals surface area contributed by atoms with E-state index in [0.29, 0.717) is 16.8 Å². The van der Waals surface area contributed by atoms with Crippen LogP contribution in [-0.2, 0) is 0 Å². The molecule has 0 atom stereocenters. The average molecular weight is 320 g/mol. The Bertz CT molecular complexity index is 877. The van der Waals surface area contributed by atoms with Gasteiger partial charge >= 0.3 is 0 Å². The van der Waals surface area contributed by atoms with Crippen LogP contribution in [0.5, 0.6) is 0 Å². The Labute approximate surface area is 138 Å². The molecule has 3 rings (SSSR count). The molecule has 1 aromatic heterocycles. The van der Waals surface area contributed by atoms with Crippen LogP contribution in [0.15, 0.2) is 73.1 Å². The van der Waals surface area contributed by atoms with Gasteiger partial charge in [0.2, 0.25) is 0 Å². The summed E-state index contributed by atoms with van der Waals surface area (Å²) in [4.78, 5) is 28.2. The number of nitrogens with one attached hydrogen (secondary N) is 1. The Morgan fingerprint density at radius 2 is 1.46 bits per heavy atom. The predicted molar refractivity (Wildman–Crippen MR) is 88.5 cm³/mol. The quantitative estimate of drug-likeness (QED) is 0.746. The lowest BCUT2D eigenvalue weighted by Gasteiger charge is -2.07. The monoisotopic (exact) mass is 320 g/mol. The van der Waals surface area contributed by atoms with E-state index in [9.17, 15) is 14.0 Å². The van der Waals surface area contributed by atoms with E-state index in [0.717, 1.165) is 0 Å². The van der Waals surface area contributed by atoms with Crippen LogP contribution < -0.4 is 5.32 Å². The Hall–Kier alpha value is -3.34. The SMILES string of the molecule is O=C(c1ccncc1)c1ccc(NC(=O)c2ccccc2F)cc1. The molecule has 0 aliphatic heterocycles. The highest BCUT2D eigenvalue weighted by molar-refractivity contribution is 6.09. The van der Waals surface area contributed by atoms with Crippen molar-refractivity contribution in [3.8, 4) is 0 Å². The molecule has 5 heteroatoms. The maximum Gasteiger partial charge on any atom is 0.258 e. The fourth-order valence-electron chi connectivity index (χ4n) is 2.22. The highest BCUT2D eigenvalue weighted by Gasteiger charge is 2.12. The lowest BCUT2D eigenvalue weighted by molar-refractivity contribution is 0.102. The Morgan fingerprint density at radius 1 is 0.833 bits per heavy atom. The Morgan fingerprint density at radius 3 is 2.12 bits per heavy atom. The van der Waals surface area contributed by atoms with Crippen molar-refractivity contribution < 1.29 is 14.0 Å². The molecular formula is C19H13FN2O2. The molecule has 118 valence electrons. The number of hydrogen-bond acceptors (Lipinski definition) is 3. The van der Waals surface area contributed by atoms with E-state index >= 15 is 0 Å². The van der Waals surface area contributed by atoms with Gasteiger partial charge in [0, 0.05) is 29.2 Å². The number of nitrogens with zero attached hydrogens (tertiary/aromatic N) is 1. The number of amides is 1. The van der Waals surface area contributed by atoms with Crippen molar-refractivity contribution in [1.82, 2.24) is 4.98 Å². The fourth-order valence-corrected chi connectivity index (χ4v) is 2.22. The molecule has 0 aliphatic rings. The third-order valence-corrected chi connectivity index (χ3v) is 3.47. The van der Waals surface area contributed by atoms with E-state index in [1.54, 1.807) is 54.9 Å². The van der Waals surface area contributed by atoms with Crippen LogP contribution in [0.2, 0.25) is 0 Å². The summed E-state index contributed by atoms with van der Waals surface area (Å²) in [6.45, 7) is 0. The lowest BCUT2D eigenvalue weighted by Crippen LogP contribution is -2.13. The molecule has 24 heavy (non-hydrogen) atoms. The summed E-state index contributed by atoms with van der Waals surface area (Å²) in [5.41, 5.74) is 1.47. The van der Waals surface area contributed by atoms with Gasteiger partial charge < -0.3 is 5.32 Å². The second-order valence-electron chi connectivity index (χ2n) is 5.08. The normalized spacial score (nSPS) is 10.2. The third-order valence-electron chi connectivity index (χ3n) is 3.47. The van der Waals surface area contributed by atoms with E-state index in [4.69, 9.17) is 0 Å². The molecule has 2 aromatic carbocycles. The van der Waals surface area contributed by atoms with Crippen LogP contribution >= 0.6 is 0 Å². The first kappa shape index (κ1) is 15.6. The van der Waals surface area contributed by atoms with Gasteiger partial charge in [0.1, 0.15) is 5.82 Å². The highest BCUT2D eigenvalue weighted by Crippen LogP contribution is 2.15. The van der Waals surface area contributed by atoms with Crippen LogP contribution in [0.4, 0.5) is 10.1 Å². The molecule has 0 spiro atoms. The minimum Gasteiger partial charge on any atom is -0.322 e. The largest absolute Gasteiger partial charge is 0.322 e. The van der Waals surface area contributed by atoms with E-state index in [2.05, 4.69) is 10.3 Å². The van der Waals surface area contributed by atoms with Gasteiger partial charge in [-0.05, 0) is 48.5 Å². The molecule has 0 bridgehead atoms. The van der Waals surface area contributed by atoms with Gasteiger partial charge in [0.05, 0.1) is 5.56 Å². The van der Waals surface area contributed by atoms with Crippen molar-refractivity contribution >= 4 is 17.4 Å². The van der Waals surface area contributed by atoms with Crippen LogP contribution in [0.3, 0.4) is 0 Å². The van der Waals surface area contributed by atoms with Gasteiger partial charge in [-0.3, -0.25) is 14.6 Å². The average Bonchev–Trinajstić information content (AvgIpc) is 2.63. The molecule has 1 amide bonds. The van der Waals surface area contributed by atoms with Gasteiger partial charge in [-0.15, -0.1) is 0 Å². The molecule has 3 aromatic rings. The number of benzene rings is 2. The van der Waals surface area contributed by atoms with Crippen LogP contribution in [0, 0.1) is 5.82 Å². The zero-order valence-corrected chi connectivity index (χ0v) is 12.6. The van der Waals surface area contributed by atoms with E-state index in [1.807, 2.05) is 0 Å². The first-order chi connectivity index (χ1) is 11.6. The van der Waals surface area contributed by atoms with Gasteiger partial charge in [-0.2, -0.15) is 0 Å². The van der Waals surface area contributed by atoms with Crippen molar-refractivity contribution in [2.75, 3.05) is 5.32 Å². The summed E-state index contributed by atoms with van der Waals surface area (Å²) in [6.07, 6.45) is 3.10. The number of anilines is 1. The molecule has 0 aliphatic carbocycles. The minimum atomic E-state index is -0.584. The fraction of sp³-hybridized carbons (Fsp3) is 0. The number of pyridine rings is 1. The number of aromatic nitrogens is 1. The van der Waals surface area contributed by atoms with E-state index in [-0.39, 0.29) is 11.3 Å². The molecule has 0 saturated heterocycles. The van der Waals surface area contributed by atoms with Crippen molar-refractivity contribution in [2.24, 2.45) is 0 Å². The molecule has 1 heterocycles. The lowest BCUT2D eigenvalue weighted by atomic mass is 10.0. The zero-order valence-electron chi connectivity index (χ0n) is 12.6. The van der Waals surface area contributed by atoms with E-state index in [1.165, 1.54) is 18.2 Å². The molecule has 0 fully saturated rings. The number of halogens is 1. The maximum absolute atomic E-state index is 13.6. The molecule has 4 nitrogen and oxygen atoms in total. The summed E-state index contributed by atoms with van der Waals surface area (Å²) >= 11 is 0. The van der Waals surface area contributed by atoms with Gasteiger partial charge in [-0.1, -0.05) is 12.1 Å². The number of hydrogen-bond donors (Lipinski definition) is 1. The van der Waals surface area contributed by atoms with Crippen molar-refractivity contribution in [3.63, 3.8) is 0 Å². The minimum absolute atomic E-state index is 0.0329. The zero-order chi connectivity index (χ0) is 16.9. The standard InChI is InChI=1S/C19H13FN2O2/c20-17-4-2-1-3-16(17)19(24)22-15-7-5-13(6-8-15)18(23)14-9-11-21-12-10-14/h1-12H,(H,22,24). The topological polar surface area (TPSA) is 59.1 Å². The first-order valence-electron chi connectivity index (χ1n) is 7.26. The summed E-state index contributed by atoms with van der Waals surface area (Å²) in [7, 11) is 0. The Balaban J connectivity index is 1.74. The smallest absolute Gasteiger partial charge is 0.258 e. The second kappa shape index (κ2) is 6.83. The summed E-state index contributed by atoms with van der Waals surface area (Å²) in [5.74, 6) is -1.26. The predicted octanol–water partition coefficient (Wildman–Crippen LogP) is 3.70. The van der Waals surface area contributed by atoms with Crippen molar-refractivity contribution in [2.45, 2.75) is 0 Å². The highest BCUT2D eigenvalue weighted by atomic mass is 19.1. The summed E-state index contributed by atoms with van der Waals surface area (Å²) in [5, 5.41) is 2.60. The number of carbonyl (C=O) groups is 2. The van der Waals surface area contributed by atoms with Gasteiger partial charge in [0.25, 0.3) is 5.91 Å².